The molecule has 0 saturated heterocycles. The van der Waals surface area contributed by atoms with Crippen molar-refractivity contribution in [3.05, 3.63) is 0 Å². The van der Waals surface area contributed by atoms with Gasteiger partial charge < -0.3 is 18.0 Å². The predicted octanol–water partition coefficient (Wildman–Crippen LogP) is 2.71. The molecule has 0 saturated carbocycles. The van der Waals surface area contributed by atoms with Crippen molar-refractivity contribution >= 4 is 8.80 Å². The van der Waals surface area contributed by atoms with E-state index in [9.17, 15) is 0 Å². The minimum atomic E-state index is -2.39. The van der Waals surface area contributed by atoms with Gasteiger partial charge >= 0.3 is 8.80 Å². The molecule has 0 spiro atoms. The topological polar surface area (TPSA) is 36.9 Å². The van der Waals surface area contributed by atoms with E-state index in [-0.39, 0.29) is 0 Å². The summed E-state index contributed by atoms with van der Waals surface area (Å²) in [4.78, 5) is 0. The van der Waals surface area contributed by atoms with Gasteiger partial charge in [-0.1, -0.05) is 19.8 Å². The number of hydrogen-bond acceptors (Lipinski definition) is 4. The lowest BCUT2D eigenvalue weighted by atomic mass is 10.1. The highest BCUT2D eigenvalue weighted by Gasteiger charge is 2.39. The Morgan fingerprint density at radius 3 is 2.06 bits per heavy atom. The van der Waals surface area contributed by atoms with Crippen LogP contribution in [0.1, 0.15) is 33.1 Å². The van der Waals surface area contributed by atoms with Gasteiger partial charge in [0.15, 0.2) is 0 Å². The van der Waals surface area contributed by atoms with Crippen LogP contribution in [0.5, 0.6) is 0 Å². The first-order valence-corrected chi connectivity index (χ1v) is 8.30. The number of ether oxygens (including phenoxy) is 1. The summed E-state index contributed by atoms with van der Waals surface area (Å²) in [7, 11) is 2.62. The highest BCUT2D eigenvalue weighted by atomic mass is 28.4. The van der Waals surface area contributed by atoms with Crippen molar-refractivity contribution in [1.82, 2.24) is 0 Å². The fraction of sp³-hybridized carbons (Fsp3) is 1.00. The van der Waals surface area contributed by atoms with Crippen LogP contribution in [-0.2, 0) is 18.0 Å². The first-order valence-electron chi connectivity index (χ1n) is 6.37. The van der Waals surface area contributed by atoms with Gasteiger partial charge in [-0.3, -0.25) is 0 Å². The third-order valence-corrected chi connectivity index (χ3v) is 6.03. The summed E-state index contributed by atoms with van der Waals surface area (Å²) in [6, 6.07) is 0.880. The van der Waals surface area contributed by atoms with E-state index in [0.29, 0.717) is 5.92 Å². The molecule has 0 aromatic heterocycles. The van der Waals surface area contributed by atoms with Gasteiger partial charge in [0.25, 0.3) is 0 Å². The molecule has 0 N–H and O–H groups in total. The van der Waals surface area contributed by atoms with Gasteiger partial charge in [0.2, 0.25) is 0 Å². The van der Waals surface area contributed by atoms with Crippen LogP contribution in [0.15, 0.2) is 0 Å². The second-order valence-electron chi connectivity index (χ2n) is 4.30. The Bertz CT molecular complexity index is 166. The molecular weight excluding hydrogens is 236 g/mol. The molecule has 0 rings (SSSR count). The van der Waals surface area contributed by atoms with Crippen LogP contribution < -0.4 is 0 Å². The summed E-state index contributed by atoms with van der Waals surface area (Å²) in [5.41, 5.74) is 0. The van der Waals surface area contributed by atoms with Crippen molar-refractivity contribution in [1.29, 1.82) is 0 Å². The second kappa shape index (κ2) is 10.0. The van der Waals surface area contributed by atoms with Crippen molar-refractivity contribution in [2.45, 2.75) is 39.2 Å². The maximum absolute atomic E-state index is 5.42. The van der Waals surface area contributed by atoms with E-state index in [1.807, 2.05) is 6.92 Å². The monoisotopic (exact) mass is 264 g/mol. The van der Waals surface area contributed by atoms with Gasteiger partial charge in [0.1, 0.15) is 0 Å². The normalized spacial score (nSPS) is 13.9. The Kier molecular flexibility index (Phi) is 10.1. The Balaban J connectivity index is 3.79. The van der Waals surface area contributed by atoms with E-state index in [4.69, 9.17) is 18.0 Å². The summed E-state index contributed by atoms with van der Waals surface area (Å²) < 4.78 is 21.6. The molecule has 0 heterocycles. The van der Waals surface area contributed by atoms with Crippen LogP contribution in [0.2, 0.25) is 6.04 Å². The van der Waals surface area contributed by atoms with E-state index in [1.54, 1.807) is 21.3 Å². The highest BCUT2D eigenvalue weighted by Crippen LogP contribution is 2.22. The van der Waals surface area contributed by atoms with Crippen molar-refractivity contribution in [3.63, 3.8) is 0 Å². The average Bonchev–Trinajstić information content (AvgIpc) is 2.36. The predicted molar refractivity (Wildman–Crippen MR) is 71.1 cm³/mol. The summed E-state index contributed by atoms with van der Waals surface area (Å²) >= 11 is 0. The standard InChI is InChI=1S/C12H28O4Si/c1-6-16-10-8-7-9-12(2)11-17(13-3,14-4)15-5/h12H,6-11H2,1-5H3. The Labute approximate surface area is 107 Å². The minimum Gasteiger partial charge on any atom is -0.382 e. The first-order chi connectivity index (χ1) is 8.14. The number of hydrogen-bond donors (Lipinski definition) is 0. The van der Waals surface area contributed by atoms with E-state index < -0.39 is 8.80 Å². The largest absolute Gasteiger partial charge is 0.500 e. The molecule has 0 aromatic carbocycles. The zero-order chi connectivity index (χ0) is 13.1. The molecule has 104 valence electrons. The molecule has 0 amide bonds. The Morgan fingerprint density at radius 1 is 1.00 bits per heavy atom. The molecule has 17 heavy (non-hydrogen) atoms. The summed E-state index contributed by atoms with van der Waals surface area (Å²) in [5, 5.41) is 0. The van der Waals surface area contributed by atoms with Crippen LogP contribution in [0.4, 0.5) is 0 Å². The highest BCUT2D eigenvalue weighted by molar-refractivity contribution is 6.60. The molecule has 0 aliphatic heterocycles. The van der Waals surface area contributed by atoms with Crippen molar-refractivity contribution in [2.75, 3.05) is 34.5 Å². The van der Waals surface area contributed by atoms with E-state index in [0.717, 1.165) is 32.1 Å². The fourth-order valence-electron chi connectivity index (χ4n) is 1.87. The van der Waals surface area contributed by atoms with E-state index in [2.05, 4.69) is 6.92 Å². The SMILES string of the molecule is CCOCCCCC(C)C[Si](OC)(OC)OC. The van der Waals surface area contributed by atoms with Crippen LogP contribution in [0, 0.1) is 5.92 Å². The third kappa shape index (κ3) is 7.16. The summed E-state index contributed by atoms with van der Waals surface area (Å²) in [6.45, 7) is 5.92. The van der Waals surface area contributed by atoms with E-state index in [1.165, 1.54) is 6.42 Å². The van der Waals surface area contributed by atoms with Gasteiger partial charge in [0, 0.05) is 40.6 Å². The van der Waals surface area contributed by atoms with E-state index >= 15 is 0 Å². The quantitative estimate of drug-likeness (QED) is 0.425. The molecule has 0 aliphatic rings. The molecule has 1 atom stereocenters. The van der Waals surface area contributed by atoms with Gasteiger partial charge in [-0.15, -0.1) is 0 Å². The zero-order valence-electron chi connectivity index (χ0n) is 12.0. The summed E-state index contributed by atoms with van der Waals surface area (Å²) in [5.74, 6) is 0.558. The van der Waals surface area contributed by atoms with Gasteiger partial charge in [-0.2, -0.15) is 0 Å². The summed E-state index contributed by atoms with van der Waals surface area (Å²) in [6.07, 6.45) is 3.47. The maximum Gasteiger partial charge on any atom is 0.500 e. The smallest absolute Gasteiger partial charge is 0.382 e. The fourth-order valence-corrected chi connectivity index (χ4v) is 3.93. The molecule has 5 heteroatoms. The minimum absolute atomic E-state index is 0.558. The number of unbranched alkanes of at least 4 members (excludes halogenated alkanes) is 1. The molecule has 4 nitrogen and oxygen atoms in total. The molecule has 0 bridgehead atoms. The van der Waals surface area contributed by atoms with Crippen molar-refractivity contribution < 1.29 is 18.0 Å². The lowest BCUT2D eigenvalue weighted by Crippen LogP contribution is -2.44. The Morgan fingerprint density at radius 2 is 1.59 bits per heavy atom. The maximum atomic E-state index is 5.42. The molecule has 0 fully saturated rings. The van der Waals surface area contributed by atoms with Crippen molar-refractivity contribution in [2.24, 2.45) is 5.92 Å². The Hall–Kier alpha value is 0.0569. The van der Waals surface area contributed by atoms with Crippen LogP contribution in [0.3, 0.4) is 0 Å². The van der Waals surface area contributed by atoms with Gasteiger partial charge in [-0.25, -0.2) is 0 Å². The van der Waals surface area contributed by atoms with Gasteiger partial charge in [-0.05, 0) is 19.3 Å². The molecule has 0 radical (unpaired) electrons. The lowest BCUT2D eigenvalue weighted by Gasteiger charge is -2.27. The molecule has 0 aliphatic carbocycles. The molecular formula is C12H28O4Si. The average molecular weight is 264 g/mol. The van der Waals surface area contributed by atoms with Crippen LogP contribution in [-0.4, -0.2) is 43.3 Å². The lowest BCUT2D eigenvalue weighted by molar-refractivity contribution is 0.117. The second-order valence-corrected chi connectivity index (χ2v) is 7.30. The third-order valence-electron chi connectivity index (χ3n) is 2.97. The molecule has 1 unspecified atom stereocenters. The van der Waals surface area contributed by atoms with Crippen LogP contribution in [0.25, 0.3) is 0 Å². The first kappa shape index (κ1) is 17.1. The van der Waals surface area contributed by atoms with Gasteiger partial charge in [0.05, 0.1) is 0 Å². The number of rotatable bonds is 11. The zero-order valence-corrected chi connectivity index (χ0v) is 13.0. The van der Waals surface area contributed by atoms with Crippen molar-refractivity contribution in [3.8, 4) is 0 Å². The van der Waals surface area contributed by atoms with Crippen LogP contribution >= 0.6 is 0 Å². The molecule has 0 aromatic rings.